The van der Waals surface area contributed by atoms with Crippen LogP contribution in [0.3, 0.4) is 0 Å². The van der Waals surface area contributed by atoms with Crippen molar-refractivity contribution in [2.45, 2.75) is 54.9 Å². The van der Waals surface area contributed by atoms with Crippen LogP contribution >= 0.6 is 11.3 Å². The predicted molar refractivity (Wildman–Crippen MR) is 182 cm³/mol. The zero-order chi connectivity index (χ0) is 30.3. The Hall–Kier alpha value is -3.63. The van der Waals surface area contributed by atoms with E-state index in [2.05, 4.69) is 125 Å². The maximum atomic E-state index is 6.44. The monoisotopic (exact) mass is 773 g/mol. The van der Waals surface area contributed by atoms with Crippen molar-refractivity contribution in [3.8, 4) is 22.5 Å². The molecule has 0 amide bonds. The minimum Gasteiger partial charge on any atom is -0.500 e. The van der Waals surface area contributed by atoms with Gasteiger partial charge < -0.3 is 14.4 Å². The fourth-order valence-corrected chi connectivity index (χ4v) is 6.32. The van der Waals surface area contributed by atoms with Crippen LogP contribution in [0.15, 0.2) is 83.5 Å². The van der Waals surface area contributed by atoms with Gasteiger partial charge in [0, 0.05) is 52.8 Å². The Morgan fingerprint density at radius 3 is 2.30 bits per heavy atom. The Kier molecular flexibility index (Phi) is 9.22. The van der Waals surface area contributed by atoms with E-state index in [0.717, 1.165) is 50.9 Å². The molecule has 0 spiro atoms. The quantitative estimate of drug-likeness (QED) is 0.168. The summed E-state index contributed by atoms with van der Waals surface area (Å²) in [5.41, 5.74) is 11.0. The van der Waals surface area contributed by atoms with Crippen molar-refractivity contribution in [2.75, 3.05) is 0 Å². The molecule has 0 aliphatic carbocycles. The standard InChI is InChI=1S/C25H22NOS.C14H14N.Ir/c1-15-12-20-22(28-15)9-8-18-17-6-5-7-19(23(17)27-24(18)20)21-13-16(10-11-26-21)14-25(2,3)4;1-10-4-6-13(7-5-10)14-8-11(2)12(3)9-15-14;/h5-6,8-13H,14H2,1-4H3;4-6,8-9H,1-3H3;/q2*-1;. The van der Waals surface area contributed by atoms with Gasteiger partial charge in [-0.3, -0.25) is 0 Å². The second kappa shape index (κ2) is 12.8. The summed E-state index contributed by atoms with van der Waals surface area (Å²) in [5, 5.41) is 3.47. The van der Waals surface area contributed by atoms with E-state index in [-0.39, 0.29) is 25.5 Å². The second-order valence-electron chi connectivity index (χ2n) is 12.6. The van der Waals surface area contributed by atoms with Crippen molar-refractivity contribution in [3.05, 3.63) is 118 Å². The maximum Gasteiger partial charge on any atom is 0.129 e. The van der Waals surface area contributed by atoms with Gasteiger partial charge in [0.2, 0.25) is 0 Å². The van der Waals surface area contributed by atoms with E-state index in [9.17, 15) is 0 Å². The van der Waals surface area contributed by atoms with E-state index in [4.69, 9.17) is 4.42 Å². The van der Waals surface area contributed by atoms with Crippen molar-refractivity contribution in [2.24, 2.45) is 5.41 Å². The molecule has 5 heteroatoms. The number of benzene rings is 3. The zero-order valence-electron chi connectivity index (χ0n) is 26.3. The number of thiophene rings is 1. The Morgan fingerprint density at radius 2 is 1.57 bits per heavy atom. The Bertz CT molecular complexity index is 2080. The summed E-state index contributed by atoms with van der Waals surface area (Å²) in [6.07, 6.45) is 4.82. The van der Waals surface area contributed by atoms with Gasteiger partial charge in [0.25, 0.3) is 0 Å². The van der Waals surface area contributed by atoms with Gasteiger partial charge in [-0.05, 0) is 67.8 Å². The minimum atomic E-state index is 0. The molecule has 0 N–H and O–H groups in total. The number of furan rings is 1. The largest absolute Gasteiger partial charge is 0.500 e. The molecule has 0 aliphatic heterocycles. The number of rotatable bonds is 3. The number of aryl methyl sites for hydroxylation is 4. The van der Waals surface area contributed by atoms with Crippen LogP contribution in [-0.2, 0) is 26.5 Å². The summed E-state index contributed by atoms with van der Waals surface area (Å²) in [6, 6.07) is 29.8. The van der Waals surface area contributed by atoms with E-state index in [0.29, 0.717) is 0 Å². The van der Waals surface area contributed by atoms with Crippen molar-refractivity contribution in [1.29, 1.82) is 0 Å². The third-order valence-electron chi connectivity index (χ3n) is 7.65. The molecule has 0 bridgehead atoms. The van der Waals surface area contributed by atoms with Gasteiger partial charge in [-0.25, -0.2) is 0 Å². The van der Waals surface area contributed by atoms with Crippen LogP contribution in [0.25, 0.3) is 54.5 Å². The molecule has 1 radical (unpaired) electrons. The number of fused-ring (bicyclic) bond motifs is 5. The molecule has 7 aromatic rings. The van der Waals surface area contributed by atoms with Crippen LogP contribution in [0.5, 0.6) is 0 Å². The molecule has 0 aliphatic rings. The first-order valence-corrected chi connectivity index (χ1v) is 15.5. The molecule has 0 fully saturated rings. The molecule has 7 rings (SSSR count). The van der Waals surface area contributed by atoms with Crippen LogP contribution < -0.4 is 0 Å². The molecule has 44 heavy (non-hydrogen) atoms. The first-order chi connectivity index (χ1) is 20.6. The van der Waals surface area contributed by atoms with Crippen LogP contribution in [0.1, 0.15) is 47.9 Å². The van der Waals surface area contributed by atoms with Gasteiger partial charge in [0.05, 0.1) is 5.58 Å². The Labute approximate surface area is 277 Å². The first-order valence-electron chi connectivity index (χ1n) is 14.7. The SMILES string of the molecule is Cc1c[c-]c(-c2cc(C)c(C)cn2)cc1.Cc1cc2c(ccc3c4cc[c-]c(-c5cc(CC(C)(C)C)ccn5)c4oc23)s1.[Ir]. The predicted octanol–water partition coefficient (Wildman–Crippen LogP) is 11.0. The number of aromatic nitrogens is 2. The topological polar surface area (TPSA) is 38.9 Å². The molecule has 3 aromatic carbocycles. The summed E-state index contributed by atoms with van der Waals surface area (Å²) in [6.45, 7) is 15.2. The summed E-state index contributed by atoms with van der Waals surface area (Å²) in [4.78, 5) is 10.3. The fourth-order valence-electron chi connectivity index (χ4n) is 5.40. The number of hydrogen-bond acceptors (Lipinski definition) is 4. The van der Waals surface area contributed by atoms with Crippen molar-refractivity contribution in [1.82, 2.24) is 9.97 Å². The molecule has 225 valence electrons. The zero-order valence-corrected chi connectivity index (χ0v) is 29.5. The molecule has 0 saturated heterocycles. The van der Waals surface area contributed by atoms with Crippen molar-refractivity contribution < 1.29 is 24.5 Å². The van der Waals surface area contributed by atoms with E-state index in [1.54, 1.807) is 11.3 Å². The van der Waals surface area contributed by atoms with Gasteiger partial charge in [-0.2, -0.15) is 0 Å². The summed E-state index contributed by atoms with van der Waals surface area (Å²) < 4.78 is 7.70. The van der Waals surface area contributed by atoms with E-state index < -0.39 is 0 Å². The molecule has 0 saturated carbocycles. The normalized spacial score (nSPS) is 11.4. The Morgan fingerprint density at radius 1 is 0.773 bits per heavy atom. The minimum absolute atomic E-state index is 0. The summed E-state index contributed by atoms with van der Waals surface area (Å²) in [7, 11) is 0. The van der Waals surface area contributed by atoms with Crippen molar-refractivity contribution in [3.63, 3.8) is 0 Å². The summed E-state index contributed by atoms with van der Waals surface area (Å²) in [5.74, 6) is 0. The van der Waals surface area contributed by atoms with Gasteiger partial charge in [0.15, 0.2) is 0 Å². The fraction of sp³-hybridized carbons (Fsp3) is 0.231. The number of hydrogen-bond donors (Lipinski definition) is 0. The molecule has 0 unspecified atom stereocenters. The average Bonchev–Trinajstić information content (AvgIpc) is 3.54. The molecular weight excluding hydrogens is 737 g/mol. The molecular formula is C39H36IrN2OS-2. The second-order valence-corrected chi connectivity index (χ2v) is 13.9. The van der Waals surface area contributed by atoms with Crippen LogP contribution in [0.4, 0.5) is 0 Å². The van der Waals surface area contributed by atoms with Crippen LogP contribution in [0.2, 0.25) is 0 Å². The molecule has 0 atom stereocenters. The van der Waals surface area contributed by atoms with E-state index in [1.165, 1.54) is 37.2 Å². The molecule has 3 nitrogen and oxygen atoms in total. The number of nitrogens with zero attached hydrogens (tertiary/aromatic N) is 2. The molecule has 4 aromatic heterocycles. The summed E-state index contributed by atoms with van der Waals surface area (Å²) >= 11 is 1.80. The first kappa shape index (κ1) is 31.8. The van der Waals surface area contributed by atoms with Crippen LogP contribution in [0, 0.1) is 45.2 Å². The van der Waals surface area contributed by atoms with Gasteiger partial charge in [0.1, 0.15) is 5.58 Å². The average molecular weight is 773 g/mol. The molecule has 4 heterocycles. The van der Waals surface area contributed by atoms with Crippen molar-refractivity contribution >= 4 is 43.4 Å². The van der Waals surface area contributed by atoms with Gasteiger partial charge >= 0.3 is 0 Å². The third-order valence-corrected chi connectivity index (χ3v) is 8.67. The van der Waals surface area contributed by atoms with Gasteiger partial charge in [-0.1, -0.05) is 68.0 Å². The maximum absolute atomic E-state index is 6.44. The number of pyridine rings is 2. The van der Waals surface area contributed by atoms with Gasteiger partial charge in [-0.15, -0.1) is 64.9 Å². The smallest absolute Gasteiger partial charge is 0.129 e. The third kappa shape index (κ3) is 6.71. The van der Waals surface area contributed by atoms with Crippen LogP contribution in [-0.4, -0.2) is 9.97 Å². The van der Waals surface area contributed by atoms with E-state index >= 15 is 0 Å². The Balaban J connectivity index is 0.000000204. The van der Waals surface area contributed by atoms with E-state index in [1.807, 2.05) is 24.5 Å².